The fourth-order valence-corrected chi connectivity index (χ4v) is 2.31. The van der Waals surface area contributed by atoms with Gasteiger partial charge in [0.1, 0.15) is 11.6 Å². The number of halogens is 4. The molecule has 0 spiro atoms. The van der Waals surface area contributed by atoms with Crippen LogP contribution in [0.15, 0.2) is 36.4 Å². The van der Waals surface area contributed by atoms with Crippen LogP contribution in [-0.4, -0.2) is 0 Å². The molecule has 100 valence electrons. The summed E-state index contributed by atoms with van der Waals surface area (Å²) >= 11 is 11.7. The molecule has 19 heavy (non-hydrogen) atoms. The van der Waals surface area contributed by atoms with Crippen LogP contribution in [0.4, 0.5) is 14.5 Å². The summed E-state index contributed by atoms with van der Waals surface area (Å²) in [5.41, 5.74) is 0.855. The number of para-hydroxylation sites is 1. The van der Waals surface area contributed by atoms with Gasteiger partial charge in [0.05, 0.1) is 16.8 Å². The zero-order valence-electron chi connectivity index (χ0n) is 10.1. The zero-order valence-corrected chi connectivity index (χ0v) is 11.6. The van der Waals surface area contributed by atoms with Crippen molar-refractivity contribution in [3.63, 3.8) is 0 Å². The molecule has 0 aliphatic carbocycles. The van der Waals surface area contributed by atoms with Crippen LogP contribution in [-0.2, 0) is 0 Å². The van der Waals surface area contributed by atoms with E-state index in [0.717, 1.165) is 0 Å². The van der Waals surface area contributed by atoms with E-state index in [-0.39, 0.29) is 16.9 Å². The SMILES string of the molecule is CC(Nc1ccccc1F)c1cc(F)c(Cl)cc1Cl. The van der Waals surface area contributed by atoms with Gasteiger partial charge in [0.25, 0.3) is 0 Å². The minimum Gasteiger partial charge on any atom is -0.376 e. The third-order valence-corrected chi connectivity index (χ3v) is 3.37. The maximum Gasteiger partial charge on any atom is 0.146 e. The van der Waals surface area contributed by atoms with E-state index in [0.29, 0.717) is 16.3 Å². The highest BCUT2D eigenvalue weighted by Crippen LogP contribution is 2.30. The molecule has 0 bridgehead atoms. The Kier molecular flexibility index (Phi) is 4.27. The minimum absolute atomic E-state index is 0.0353. The third kappa shape index (κ3) is 3.17. The van der Waals surface area contributed by atoms with E-state index in [1.807, 2.05) is 0 Å². The summed E-state index contributed by atoms with van der Waals surface area (Å²) in [5, 5.41) is 3.25. The molecule has 0 saturated heterocycles. The second kappa shape index (κ2) is 5.76. The van der Waals surface area contributed by atoms with Crippen LogP contribution in [0.1, 0.15) is 18.5 Å². The van der Waals surface area contributed by atoms with Crippen molar-refractivity contribution in [3.8, 4) is 0 Å². The average Bonchev–Trinajstić information content (AvgIpc) is 2.36. The van der Waals surface area contributed by atoms with Gasteiger partial charge in [-0.15, -0.1) is 0 Å². The Bertz CT molecular complexity index is 602. The van der Waals surface area contributed by atoms with E-state index < -0.39 is 5.82 Å². The van der Waals surface area contributed by atoms with Gasteiger partial charge in [0.2, 0.25) is 0 Å². The highest BCUT2D eigenvalue weighted by atomic mass is 35.5. The second-order valence-electron chi connectivity index (χ2n) is 4.13. The average molecular weight is 302 g/mol. The Labute approximate surface area is 120 Å². The van der Waals surface area contributed by atoms with Crippen LogP contribution in [0.2, 0.25) is 10.0 Å². The van der Waals surface area contributed by atoms with Crippen molar-refractivity contribution in [1.29, 1.82) is 0 Å². The summed E-state index contributed by atoms with van der Waals surface area (Å²) < 4.78 is 27.0. The summed E-state index contributed by atoms with van der Waals surface area (Å²) in [4.78, 5) is 0. The molecule has 0 aliphatic rings. The molecule has 1 N–H and O–H groups in total. The Morgan fingerprint density at radius 3 is 2.37 bits per heavy atom. The van der Waals surface area contributed by atoms with Crippen LogP contribution in [0, 0.1) is 11.6 Å². The number of rotatable bonds is 3. The first-order valence-corrected chi connectivity index (χ1v) is 6.40. The summed E-state index contributed by atoms with van der Waals surface area (Å²) in [6.45, 7) is 1.76. The van der Waals surface area contributed by atoms with Crippen molar-refractivity contribution >= 4 is 28.9 Å². The van der Waals surface area contributed by atoms with Crippen molar-refractivity contribution in [2.24, 2.45) is 0 Å². The molecule has 1 nitrogen and oxygen atoms in total. The van der Waals surface area contributed by atoms with Gasteiger partial charge in [0, 0.05) is 5.02 Å². The first-order valence-electron chi connectivity index (χ1n) is 5.64. The lowest BCUT2D eigenvalue weighted by Gasteiger charge is -2.18. The molecule has 0 aliphatic heterocycles. The number of anilines is 1. The highest BCUT2D eigenvalue weighted by molar-refractivity contribution is 6.35. The predicted molar refractivity (Wildman–Crippen MR) is 74.9 cm³/mol. The van der Waals surface area contributed by atoms with E-state index in [1.54, 1.807) is 25.1 Å². The van der Waals surface area contributed by atoms with Gasteiger partial charge >= 0.3 is 0 Å². The van der Waals surface area contributed by atoms with Gasteiger partial charge < -0.3 is 5.32 Å². The summed E-state index contributed by atoms with van der Waals surface area (Å²) in [7, 11) is 0. The van der Waals surface area contributed by atoms with Gasteiger partial charge in [-0.2, -0.15) is 0 Å². The second-order valence-corrected chi connectivity index (χ2v) is 4.95. The van der Waals surface area contributed by atoms with E-state index in [4.69, 9.17) is 23.2 Å². The molecular weight excluding hydrogens is 291 g/mol. The maximum atomic E-state index is 13.5. The van der Waals surface area contributed by atoms with Crippen LogP contribution in [0.5, 0.6) is 0 Å². The number of hydrogen-bond acceptors (Lipinski definition) is 1. The number of hydrogen-bond donors (Lipinski definition) is 1. The molecule has 0 saturated carbocycles. The lowest BCUT2D eigenvalue weighted by molar-refractivity contribution is 0.621. The van der Waals surface area contributed by atoms with Crippen molar-refractivity contribution in [3.05, 3.63) is 63.6 Å². The Hall–Kier alpha value is -1.32. The Morgan fingerprint density at radius 2 is 1.68 bits per heavy atom. The molecule has 0 fully saturated rings. The van der Waals surface area contributed by atoms with Crippen LogP contribution in [0.25, 0.3) is 0 Å². The van der Waals surface area contributed by atoms with E-state index in [1.165, 1.54) is 18.2 Å². The molecule has 0 heterocycles. The normalized spacial score (nSPS) is 12.3. The Balaban J connectivity index is 2.28. The van der Waals surface area contributed by atoms with Crippen molar-refractivity contribution in [2.45, 2.75) is 13.0 Å². The molecule has 2 rings (SSSR count). The first-order chi connectivity index (χ1) is 8.99. The van der Waals surface area contributed by atoms with Gasteiger partial charge in [-0.25, -0.2) is 8.78 Å². The molecule has 5 heteroatoms. The van der Waals surface area contributed by atoms with E-state index in [9.17, 15) is 8.78 Å². The largest absolute Gasteiger partial charge is 0.376 e. The van der Waals surface area contributed by atoms with Crippen LogP contribution >= 0.6 is 23.2 Å². The monoisotopic (exact) mass is 301 g/mol. The summed E-state index contributed by atoms with van der Waals surface area (Å²) in [6, 6.07) is 8.50. The molecule has 1 unspecified atom stereocenters. The molecular formula is C14H11Cl2F2N. The smallest absolute Gasteiger partial charge is 0.146 e. The van der Waals surface area contributed by atoms with Crippen molar-refractivity contribution in [1.82, 2.24) is 0 Å². The van der Waals surface area contributed by atoms with E-state index in [2.05, 4.69) is 5.32 Å². The standard InChI is InChI=1S/C14H11Cl2F2N/c1-8(19-14-5-3-2-4-12(14)17)9-6-13(18)11(16)7-10(9)15/h2-8,19H,1H3. The fraction of sp³-hybridized carbons (Fsp3) is 0.143. The predicted octanol–water partition coefficient (Wildman–Crippen LogP) is 5.44. The van der Waals surface area contributed by atoms with E-state index >= 15 is 0 Å². The lowest BCUT2D eigenvalue weighted by atomic mass is 10.1. The third-order valence-electron chi connectivity index (χ3n) is 2.75. The quantitative estimate of drug-likeness (QED) is 0.744. The fourth-order valence-electron chi connectivity index (χ4n) is 1.76. The molecule has 0 amide bonds. The molecule has 1 atom stereocenters. The first kappa shape index (κ1) is 14.1. The molecule has 2 aromatic carbocycles. The van der Waals surface area contributed by atoms with Crippen molar-refractivity contribution < 1.29 is 8.78 Å². The minimum atomic E-state index is -0.553. The highest BCUT2D eigenvalue weighted by Gasteiger charge is 2.14. The lowest BCUT2D eigenvalue weighted by Crippen LogP contribution is -2.09. The molecule has 0 aromatic heterocycles. The zero-order chi connectivity index (χ0) is 14.0. The number of nitrogens with one attached hydrogen (secondary N) is 1. The van der Waals surface area contributed by atoms with Crippen LogP contribution < -0.4 is 5.32 Å². The molecule has 0 radical (unpaired) electrons. The van der Waals surface area contributed by atoms with Gasteiger partial charge in [0.15, 0.2) is 0 Å². The maximum absolute atomic E-state index is 13.5. The Morgan fingerprint density at radius 1 is 1.00 bits per heavy atom. The van der Waals surface area contributed by atoms with Gasteiger partial charge in [-0.05, 0) is 36.8 Å². The van der Waals surface area contributed by atoms with Crippen LogP contribution in [0.3, 0.4) is 0 Å². The topological polar surface area (TPSA) is 12.0 Å². The van der Waals surface area contributed by atoms with Crippen molar-refractivity contribution in [2.75, 3.05) is 5.32 Å². The van der Waals surface area contributed by atoms with Gasteiger partial charge in [-0.1, -0.05) is 35.3 Å². The van der Waals surface area contributed by atoms with Gasteiger partial charge in [-0.3, -0.25) is 0 Å². The molecule has 2 aromatic rings. The summed E-state index contributed by atoms with van der Waals surface area (Å²) in [5.74, 6) is -0.928. The number of benzene rings is 2. The summed E-state index contributed by atoms with van der Waals surface area (Å²) in [6.07, 6.45) is 0.